The molecule has 0 bridgehead atoms. The average molecular weight is 250 g/mol. The number of methoxy groups -OCH3 is 1. The molecule has 18 heavy (non-hydrogen) atoms. The number of rotatable bonds is 5. The summed E-state index contributed by atoms with van der Waals surface area (Å²) in [4.78, 5) is 24.6. The van der Waals surface area contributed by atoms with Crippen molar-refractivity contribution in [3.63, 3.8) is 0 Å². The quantitative estimate of drug-likeness (QED) is 0.796. The van der Waals surface area contributed by atoms with Crippen LogP contribution in [0.25, 0.3) is 0 Å². The van der Waals surface area contributed by atoms with E-state index >= 15 is 0 Å². The van der Waals surface area contributed by atoms with Crippen LogP contribution in [0.5, 0.6) is 0 Å². The zero-order valence-electron chi connectivity index (χ0n) is 10.7. The smallest absolute Gasteiger partial charge is 0.337 e. The molecular formula is C13H18N2O3. The predicted molar refractivity (Wildman–Crippen MR) is 69.5 cm³/mol. The number of carbonyl (C=O) groups excluding carboxylic acids is 2. The van der Waals surface area contributed by atoms with Gasteiger partial charge in [0.15, 0.2) is 0 Å². The van der Waals surface area contributed by atoms with Gasteiger partial charge in [-0.2, -0.15) is 0 Å². The second-order valence-corrected chi connectivity index (χ2v) is 3.79. The van der Waals surface area contributed by atoms with Crippen molar-refractivity contribution < 1.29 is 14.3 Å². The maximum absolute atomic E-state index is 11.7. The molecule has 0 aliphatic heterocycles. The van der Waals surface area contributed by atoms with Crippen LogP contribution < -0.4 is 10.6 Å². The Balaban J connectivity index is 2.93. The summed E-state index contributed by atoms with van der Waals surface area (Å²) in [5.41, 5.74) is 6.57. The summed E-state index contributed by atoms with van der Waals surface area (Å²) < 4.78 is 4.61. The molecule has 5 heteroatoms. The van der Waals surface area contributed by atoms with Crippen LogP contribution in [0.4, 0.5) is 5.69 Å². The third kappa shape index (κ3) is 3.30. The summed E-state index contributed by atoms with van der Waals surface area (Å²) in [6.07, 6.45) is 0.838. The molecule has 1 aromatic rings. The van der Waals surface area contributed by atoms with Gasteiger partial charge in [-0.1, -0.05) is 6.92 Å². The monoisotopic (exact) mass is 250 g/mol. The minimum absolute atomic E-state index is 0.0290. The number of hydrogen-bond donors (Lipinski definition) is 1. The molecule has 0 fully saturated rings. The summed E-state index contributed by atoms with van der Waals surface area (Å²) in [7, 11) is 1.33. The van der Waals surface area contributed by atoms with Crippen LogP contribution in [0.1, 0.15) is 23.7 Å². The lowest BCUT2D eigenvalue weighted by Gasteiger charge is -2.21. The Labute approximate surface area is 107 Å². The van der Waals surface area contributed by atoms with Crippen LogP contribution in [-0.4, -0.2) is 32.1 Å². The van der Waals surface area contributed by atoms with Gasteiger partial charge in [0.2, 0.25) is 5.91 Å². The lowest BCUT2D eigenvalue weighted by Crippen LogP contribution is -2.36. The first-order chi connectivity index (χ1) is 8.63. The molecule has 0 aliphatic carbocycles. The van der Waals surface area contributed by atoms with Gasteiger partial charge in [0.25, 0.3) is 0 Å². The Kier molecular flexibility index (Phi) is 5.32. The van der Waals surface area contributed by atoms with Gasteiger partial charge in [-0.05, 0) is 30.7 Å². The van der Waals surface area contributed by atoms with Gasteiger partial charge in [0.1, 0.15) is 0 Å². The highest BCUT2D eigenvalue weighted by atomic mass is 16.5. The molecule has 2 N–H and O–H groups in total. The molecule has 1 rings (SSSR count). The van der Waals surface area contributed by atoms with Crippen molar-refractivity contribution in [3.8, 4) is 0 Å². The summed E-state index contributed by atoms with van der Waals surface area (Å²) in [6.45, 7) is 2.56. The van der Waals surface area contributed by atoms with E-state index in [1.165, 1.54) is 7.11 Å². The molecule has 1 amide bonds. The maximum Gasteiger partial charge on any atom is 0.337 e. The minimum atomic E-state index is -0.395. The Morgan fingerprint density at radius 2 is 1.89 bits per heavy atom. The Hall–Kier alpha value is -1.88. The van der Waals surface area contributed by atoms with E-state index in [4.69, 9.17) is 5.73 Å². The molecule has 0 saturated heterocycles. The van der Waals surface area contributed by atoms with Crippen molar-refractivity contribution in [2.24, 2.45) is 5.73 Å². The molecule has 0 heterocycles. The van der Waals surface area contributed by atoms with Crippen molar-refractivity contribution in [2.45, 2.75) is 13.3 Å². The van der Waals surface area contributed by atoms with Gasteiger partial charge in [-0.25, -0.2) is 4.79 Å². The van der Waals surface area contributed by atoms with E-state index in [9.17, 15) is 9.59 Å². The fourth-order valence-corrected chi connectivity index (χ4v) is 1.63. The van der Waals surface area contributed by atoms with Crippen LogP contribution in [-0.2, 0) is 9.53 Å². The van der Waals surface area contributed by atoms with Gasteiger partial charge in [-0.3, -0.25) is 4.79 Å². The zero-order valence-corrected chi connectivity index (χ0v) is 10.7. The largest absolute Gasteiger partial charge is 0.465 e. The SMILES string of the molecule is CCCN(C(=O)CN)c1ccc(C(=O)OC)cc1. The second-order valence-electron chi connectivity index (χ2n) is 3.79. The third-order valence-electron chi connectivity index (χ3n) is 2.52. The van der Waals surface area contributed by atoms with Crippen molar-refractivity contribution in [2.75, 3.05) is 25.1 Å². The summed E-state index contributed by atoms with van der Waals surface area (Å²) in [5, 5.41) is 0. The van der Waals surface area contributed by atoms with Crippen molar-refractivity contribution >= 4 is 17.6 Å². The molecule has 0 saturated carbocycles. The highest BCUT2D eigenvalue weighted by Crippen LogP contribution is 2.16. The fourth-order valence-electron chi connectivity index (χ4n) is 1.63. The lowest BCUT2D eigenvalue weighted by molar-refractivity contribution is -0.117. The van der Waals surface area contributed by atoms with Crippen LogP contribution >= 0.6 is 0 Å². The van der Waals surface area contributed by atoms with Crippen molar-refractivity contribution in [1.82, 2.24) is 0 Å². The van der Waals surface area contributed by atoms with Gasteiger partial charge in [-0.15, -0.1) is 0 Å². The average Bonchev–Trinajstić information content (AvgIpc) is 2.43. The molecule has 1 aromatic carbocycles. The summed E-state index contributed by atoms with van der Waals surface area (Å²) in [6, 6.07) is 6.70. The van der Waals surface area contributed by atoms with E-state index in [-0.39, 0.29) is 12.5 Å². The zero-order chi connectivity index (χ0) is 13.5. The van der Waals surface area contributed by atoms with Gasteiger partial charge < -0.3 is 15.4 Å². The van der Waals surface area contributed by atoms with E-state index in [0.717, 1.165) is 12.1 Å². The maximum atomic E-state index is 11.7. The van der Waals surface area contributed by atoms with E-state index in [1.807, 2.05) is 6.92 Å². The highest BCUT2D eigenvalue weighted by Gasteiger charge is 2.13. The number of hydrogen-bond acceptors (Lipinski definition) is 4. The summed E-state index contributed by atoms with van der Waals surface area (Å²) in [5.74, 6) is -0.531. The molecule has 5 nitrogen and oxygen atoms in total. The first-order valence-corrected chi connectivity index (χ1v) is 5.82. The Bertz CT molecular complexity index is 415. The minimum Gasteiger partial charge on any atom is -0.465 e. The number of ether oxygens (including phenoxy) is 1. The summed E-state index contributed by atoms with van der Waals surface area (Å²) >= 11 is 0. The number of nitrogens with two attached hydrogens (primary N) is 1. The Morgan fingerprint density at radius 1 is 1.28 bits per heavy atom. The fraction of sp³-hybridized carbons (Fsp3) is 0.385. The van der Waals surface area contributed by atoms with E-state index in [1.54, 1.807) is 29.2 Å². The van der Waals surface area contributed by atoms with Gasteiger partial charge in [0, 0.05) is 12.2 Å². The van der Waals surface area contributed by atoms with Crippen LogP contribution in [0, 0.1) is 0 Å². The van der Waals surface area contributed by atoms with Crippen LogP contribution in [0.3, 0.4) is 0 Å². The molecule has 98 valence electrons. The predicted octanol–water partition coefficient (Wildman–Crippen LogP) is 1.17. The molecule has 0 radical (unpaired) electrons. The lowest BCUT2D eigenvalue weighted by atomic mass is 10.2. The molecule has 0 spiro atoms. The number of esters is 1. The molecular weight excluding hydrogens is 232 g/mol. The van der Waals surface area contributed by atoms with Crippen LogP contribution in [0.15, 0.2) is 24.3 Å². The Morgan fingerprint density at radius 3 is 2.33 bits per heavy atom. The second kappa shape index (κ2) is 6.76. The number of benzene rings is 1. The molecule has 0 aromatic heterocycles. The third-order valence-corrected chi connectivity index (χ3v) is 2.52. The highest BCUT2D eigenvalue weighted by molar-refractivity contribution is 5.95. The first kappa shape index (κ1) is 14.2. The van der Waals surface area contributed by atoms with Crippen LogP contribution in [0.2, 0.25) is 0 Å². The van der Waals surface area contributed by atoms with Crippen molar-refractivity contribution in [1.29, 1.82) is 0 Å². The standard InChI is InChI=1S/C13H18N2O3/c1-3-8-15(12(16)9-14)11-6-4-10(5-7-11)13(17)18-2/h4-7H,3,8-9,14H2,1-2H3. The topological polar surface area (TPSA) is 72.6 Å². The number of nitrogens with zero attached hydrogens (tertiary/aromatic N) is 1. The van der Waals surface area contributed by atoms with E-state index in [2.05, 4.69) is 4.74 Å². The normalized spacial score (nSPS) is 9.94. The number of anilines is 1. The molecule has 0 unspecified atom stereocenters. The van der Waals surface area contributed by atoms with Gasteiger partial charge >= 0.3 is 5.97 Å². The molecule has 0 aliphatic rings. The molecule has 0 atom stereocenters. The first-order valence-electron chi connectivity index (χ1n) is 5.82. The van der Waals surface area contributed by atoms with Crippen molar-refractivity contribution in [3.05, 3.63) is 29.8 Å². The number of amides is 1. The van der Waals surface area contributed by atoms with E-state index in [0.29, 0.717) is 12.1 Å². The number of carbonyl (C=O) groups is 2. The van der Waals surface area contributed by atoms with Gasteiger partial charge in [0.05, 0.1) is 19.2 Å². The van der Waals surface area contributed by atoms with E-state index < -0.39 is 5.97 Å².